The summed E-state index contributed by atoms with van der Waals surface area (Å²) < 4.78 is 0. The van der Waals surface area contributed by atoms with Crippen LogP contribution in [-0.2, 0) is 5.41 Å². The van der Waals surface area contributed by atoms with Gasteiger partial charge in [0.25, 0.3) is 0 Å². The third-order valence-corrected chi connectivity index (χ3v) is 4.43. The van der Waals surface area contributed by atoms with Crippen LogP contribution in [-0.4, -0.2) is 5.11 Å². The zero-order valence-electron chi connectivity index (χ0n) is 13.8. The summed E-state index contributed by atoms with van der Waals surface area (Å²) in [7, 11) is 0. The second-order valence-corrected chi connectivity index (χ2v) is 6.26. The van der Waals surface area contributed by atoms with Gasteiger partial charge in [-0.05, 0) is 30.9 Å². The molecular weight excluding hydrogens is 268 g/mol. The van der Waals surface area contributed by atoms with E-state index in [1.807, 2.05) is 30.3 Å². The molecule has 0 aromatic heterocycles. The van der Waals surface area contributed by atoms with E-state index < -0.39 is 6.10 Å². The highest BCUT2D eigenvalue weighted by Crippen LogP contribution is 2.32. The average Bonchev–Trinajstić information content (AvgIpc) is 2.56. The van der Waals surface area contributed by atoms with Gasteiger partial charge in [0.2, 0.25) is 0 Å². The van der Waals surface area contributed by atoms with Crippen LogP contribution >= 0.6 is 0 Å². The predicted molar refractivity (Wildman–Crippen MR) is 93.9 cm³/mol. The number of aliphatic hydroxyl groups excluding tert-OH is 1. The topological polar surface area (TPSA) is 20.2 Å². The molecule has 2 aromatic carbocycles. The molecule has 0 aliphatic heterocycles. The molecule has 1 heteroatoms. The molecule has 116 valence electrons. The molecule has 0 aliphatic rings. The SMILES string of the molecule is CC[C@@](C)(/C=C(\C)C[C@H](O)c1ccccc1)c1ccccc1. The van der Waals surface area contributed by atoms with Crippen molar-refractivity contribution in [2.75, 3.05) is 0 Å². The van der Waals surface area contributed by atoms with Gasteiger partial charge in [0.1, 0.15) is 0 Å². The van der Waals surface area contributed by atoms with E-state index in [1.165, 1.54) is 11.1 Å². The molecule has 0 unspecified atom stereocenters. The summed E-state index contributed by atoms with van der Waals surface area (Å²) in [6.45, 7) is 6.59. The lowest BCUT2D eigenvalue weighted by molar-refractivity contribution is 0.178. The molecule has 2 rings (SSSR count). The number of hydrogen-bond donors (Lipinski definition) is 1. The van der Waals surface area contributed by atoms with Gasteiger partial charge in [0.15, 0.2) is 0 Å². The van der Waals surface area contributed by atoms with Gasteiger partial charge in [-0.2, -0.15) is 0 Å². The highest BCUT2D eigenvalue weighted by atomic mass is 16.3. The second kappa shape index (κ2) is 7.42. The summed E-state index contributed by atoms with van der Waals surface area (Å²) in [4.78, 5) is 0. The van der Waals surface area contributed by atoms with Crippen LogP contribution in [0.2, 0.25) is 0 Å². The predicted octanol–water partition coefficient (Wildman–Crippen LogP) is 5.42. The summed E-state index contributed by atoms with van der Waals surface area (Å²) in [6.07, 6.45) is 3.59. The lowest BCUT2D eigenvalue weighted by Gasteiger charge is -2.27. The van der Waals surface area contributed by atoms with Gasteiger partial charge < -0.3 is 5.11 Å². The number of aliphatic hydroxyl groups is 1. The fourth-order valence-corrected chi connectivity index (χ4v) is 2.91. The minimum Gasteiger partial charge on any atom is -0.388 e. The third kappa shape index (κ3) is 4.08. The molecule has 0 spiro atoms. The van der Waals surface area contributed by atoms with Gasteiger partial charge in [0, 0.05) is 5.41 Å². The Morgan fingerprint density at radius 2 is 1.59 bits per heavy atom. The molecule has 0 saturated heterocycles. The fraction of sp³-hybridized carbons (Fsp3) is 0.333. The van der Waals surface area contributed by atoms with Crippen molar-refractivity contribution in [1.82, 2.24) is 0 Å². The zero-order chi connectivity index (χ0) is 16.0. The Balaban J connectivity index is 2.16. The van der Waals surface area contributed by atoms with E-state index in [-0.39, 0.29) is 5.41 Å². The fourth-order valence-electron chi connectivity index (χ4n) is 2.91. The third-order valence-electron chi connectivity index (χ3n) is 4.43. The van der Waals surface area contributed by atoms with Crippen LogP contribution in [0.5, 0.6) is 0 Å². The molecule has 2 atom stereocenters. The van der Waals surface area contributed by atoms with Crippen LogP contribution in [0, 0.1) is 0 Å². The lowest BCUT2D eigenvalue weighted by Crippen LogP contribution is -2.18. The van der Waals surface area contributed by atoms with E-state index in [0.29, 0.717) is 6.42 Å². The van der Waals surface area contributed by atoms with Crippen LogP contribution < -0.4 is 0 Å². The lowest BCUT2D eigenvalue weighted by atomic mass is 9.78. The van der Waals surface area contributed by atoms with Gasteiger partial charge in [-0.25, -0.2) is 0 Å². The summed E-state index contributed by atoms with van der Waals surface area (Å²) in [5.41, 5.74) is 3.55. The minimum atomic E-state index is -0.436. The largest absolute Gasteiger partial charge is 0.388 e. The molecule has 1 N–H and O–H groups in total. The summed E-state index contributed by atoms with van der Waals surface area (Å²) in [6, 6.07) is 20.5. The van der Waals surface area contributed by atoms with E-state index in [0.717, 1.165) is 12.0 Å². The normalized spacial score (nSPS) is 16.1. The van der Waals surface area contributed by atoms with Gasteiger partial charge in [-0.3, -0.25) is 0 Å². The molecule has 0 heterocycles. The minimum absolute atomic E-state index is 0.0156. The number of rotatable bonds is 6. The van der Waals surface area contributed by atoms with Crippen molar-refractivity contribution >= 4 is 0 Å². The maximum Gasteiger partial charge on any atom is 0.0827 e. The van der Waals surface area contributed by atoms with Crippen molar-refractivity contribution in [2.24, 2.45) is 0 Å². The molecule has 0 fully saturated rings. The smallest absolute Gasteiger partial charge is 0.0827 e. The van der Waals surface area contributed by atoms with E-state index in [4.69, 9.17) is 0 Å². The van der Waals surface area contributed by atoms with E-state index >= 15 is 0 Å². The molecule has 0 bridgehead atoms. The van der Waals surface area contributed by atoms with Crippen molar-refractivity contribution in [2.45, 2.75) is 45.1 Å². The molecular formula is C21H26O. The highest BCUT2D eigenvalue weighted by Gasteiger charge is 2.22. The first-order chi connectivity index (χ1) is 10.5. The molecule has 0 aliphatic carbocycles. The Bertz CT molecular complexity index is 600. The van der Waals surface area contributed by atoms with Crippen molar-refractivity contribution in [3.05, 3.63) is 83.4 Å². The van der Waals surface area contributed by atoms with Gasteiger partial charge in [-0.1, -0.05) is 86.2 Å². The number of allylic oxidation sites excluding steroid dienone is 1. The van der Waals surface area contributed by atoms with Crippen LogP contribution in [0.3, 0.4) is 0 Å². The molecule has 0 radical (unpaired) electrons. The molecule has 0 saturated carbocycles. The highest BCUT2D eigenvalue weighted by molar-refractivity contribution is 5.31. The molecule has 1 nitrogen and oxygen atoms in total. The average molecular weight is 294 g/mol. The second-order valence-electron chi connectivity index (χ2n) is 6.26. The van der Waals surface area contributed by atoms with Gasteiger partial charge in [-0.15, -0.1) is 0 Å². The first-order valence-electron chi connectivity index (χ1n) is 8.02. The molecule has 0 amide bonds. The van der Waals surface area contributed by atoms with Crippen molar-refractivity contribution in [1.29, 1.82) is 0 Å². The van der Waals surface area contributed by atoms with Gasteiger partial charge in [0.05, 0.1) is 6.10 Å². The number of hydrogen-bond acceptors (Lipinski definition) is 1. The maximum absolute atomic E-state index is 10.4. The van der Waals surface area contributed by atoms with Crippen molar-refractivity contribution in [3.8, 4) is 0 Å². The van der Waals surface area contributed by atoms with Crippen LogP contribution in [0.1, 0.15) is 50.8 Å². The first kappa shape index (κ1) is 16.5. The van der Waals surface area contributed by atoms with Crippen molar-refractivity contribution in [3.63, 3.8) is 0 Å². The van der Waals surface area contributed by atoms with Crippen molar-refractivity contribution < 1.29 is 5.11 Å². The Kier molecular flexibility index (Phi) is 5.57. The zero-order valence-corrected chi connectivity index (χ0v) is 13.8. The van der Waals surface area contributed by atoms with E-state index in [2.05, 4.69) is 57.2 Å². The Morgan fingerprint density at radius 1 is 1.05 bits per heavy atom. The van der Waals surface area contributed by atoms with Crippen LogP contribution in [0.25, 0.3) is 0 Å². The summed E-state index contributed by atoms with van der Waals surface area (Å²) >= 11 is 0. The standard InChI is InChI=1S/C21H26O/c1-4-21(3,19-13-9-6-10-14-19)16-17(2)15-20(22)18-11-7-5-8-12-18/h5-14,16,20,22H,4,15H2,1-3H3/b17-16+/t20-,21-/m0/s1. The Hall–Kier alpha value is -1.86. The van der Waals surface area contributed by atoms with Crippen LogP contribution in [0.4, 0.5) is 0 Å². The molecule has 22 heavy (non-hydrogen) atoms. The van der Waals surface area contributed by atoms with E-state index in [9.17, 15) is 5.11 Å². The molecule has 2 aromatic rings. The van der Waals surface area contributed by atoms with Gasteiger partial charge >= 0.3 is 0 Å². The first-order valence-corrected chi connectivity index (χ1v) is 8.02. The maximum atomic E-state index is 10.4. The monoisotopic (exact) mass is 294 g/mol. The quantitative estimate of drug-likeness (QED) is 0.705. The Morgan fingerprint density at radius 3 is 2.14 bits per heavy atom. The van der Waals surface area contributed by atoms with E-state index in [1.54, 1.807) is 0 Å². The Labute approximate surface area is 134 Å². The number of benzene rings is 2. The summed E-state index contributed by atoms with van der Waals surface area (Å²) in [5, 5.41) is 10.4. The summed E-state index contributed by atoms with van der Waals surface area (Å²) in [5.74, 6) is 0. The van der Waals surface area contributed by atoms with Crippen LogP contribution in [0.15, 0.2) is 72.3 Å².